The van der Waals surface area contributed by atoms with Crippen LogP contribution in [0.3, 0.4) is 0 Å². The van der Waals surface area contributed by atoms with E-state index < -0.39 is 11.4 Å². The Kier molecular flexibility index (Phi) is 5.66. The molecule has 0 radical (unpaired) electrons. The van der Waals surface area contributed by atoms with Crippen LogP contribution in [0.1, 0.15) is 40.0 Å². The molecular formula is C12H20N2O3. The number of nitriles is 1. The second kappa shape index (κ2) is 6.24. The van der Waals surface area contributed by atoms with Crippen LogP contribution in [0.2, 0.25) is 0 Å². The summed E-state index contributed by atoms with van der Waals surface area (Å²) in [5.41, 5.74) is -0.566. The van der Waals surface area contributed by atoms with Gasteiger partial charge in [-0.2, -0.15) is 5.26 Å². The van der Waals surface area contributed by atoms with Crippen LogP contribution in [-0.4, -0.2) is 35.0 Å². The van der Waals surface area contributed by atoms with Gasteiger partial charge in [-0.1, -0.05) is 13.8 Å². The fourth-order valence-corrected chi connectivity index (χ4v) is 1.52. The van der Waals surface area contributed by atoms with Gasteiger partial charge in [0.25, 0.3) is 0 Å². The highest BCUT2D eigenvalue weighted by molar-refractivity contribution is 5.78. The molecule has 0 aliphatic heterocycles. The zero-order valence-corrected chi connectivity index (χ0v) is 10.9. The van der Waals surface area contributed by atoms with Crippen molar-refractivity contribution in [1.29, 1.82) is 5.26 Å². The Hall–Kier alpha value is -1.57. The van der Waals surface area contributed by atoms with Crippen molar-refractivity contribution in [3.05, 3.63) is 0 Å². The molecule has 0 spiro atoms. The summed E-state index contributed by atoms with van der Waals surface area (Å²) >= 11 is 0. The molecular weight excluding hydrogens is 220 g/mol. The number of rotatable bonds is 6. The van der Waals surface area contributed by atoms with Gasteiger partial charge >= 0.3 is 5.97 Å². The average molecular weight is 240 g/mol. The van der Waals surface area contributed by atoms with Gasteiger partial charge in [-0.3, -0.25) is 9.59 Å². The molecule has 5 nitrogen and oxygen atoms in total. The van der Waals surface area contributed by atoms with Gasteiger partial charge in [0.2, 0.25) is 5.91 Å². The summed E-state index contributed by atoms with van der Waals surface area (Å²) in [4.78, 5) is 24.0. The molecule has 96 valence electrons. The largest absolute Gasteiger partial charge is 0.481 e. The molecule has 0 aromatic heterocycles. The number of hydrogen-bond acceptors (Lipinski definition) is 3. The monoisotopic (exact) mass is 240 g/mol. The Balaban J connectivity index is 4.43. The van der Waals surface area contributed by atoms with E-state index in [1.54, 1.807) is 27.8 Å². The molecule has 0 saturated carbocycles. The van der Waals surface area contributed by atoms with Crippen molar-refractivity contribution < 1.29 is 14.7 Å². The fourth-order valence-electron chi connectivity index (χ4n) is 1.52. The Morgan fingerprint density at radius 2 is 1.94 bits per heavy atom. The van der Waals surface area contributed by atoms with Gasteiger partial charge in [0.15, 0.2) is 0 Å². The van der Waals surface area contributed by atoms with E-state index in [-0.39, 0.29) is 31.2 Å². The lowest BCUT2D eigenvalue weighted by molar-refractivity contribution is -0.140. The summed E-state index contributed by atoms with van der Waals surface area (Å²) in [6, 6.07) is 1.87. The SMILES string of the molecule is CC(CC#N)N(C)C(=O)CC(C)(C)CC(=O)O. The maximum absolute atomic E-state index is 11.9. The first kappa shape index (κ1) is 15.4. The summed E-state index contributed by atoms with van der Waals surface area (Å²) in [6.07, 6.45) is 0.409. The van der Waals surface area contributed by atoms with Gasteiger partial charge in [0.1, 0.15) is 0 Å². The van der Waals surface area contributed by atoms with Crippen LogP contribution in [0, 0.1) is 16.7 Å². The number of carbonyl (C=O) groups is 2. The Labute approximate surface area is 102 Å². The first-order valence-electron chi connectivity index (χ1n) is 5.54. The molecule has 0 aromatic carbocycles. The molecule has 1 atom stereocenters. The van der Waals surface area contributed by atoms with E-state index in [1.807, 2.05) is 6.07 Å². The van der Waals surface area contributed by atoms with Crippen LogP contribution in [-0.2, 0) is 9.59 Å². The summed E-state index contributed by atoms with van der Waals surface area (Å²) < 4.78 is 0. The minimum Gasteiger partial charge on any atom is -0.481 e. The summed E-state index contributed by atoms with van der Waals surface area (Å²) in [5.74, 6) is -1.03. The van der Waals surface area contributed by atoms with E-state index in [0.29, 0.717) is 0 Å². The molecule has 0 fully saturated rings. The van der Waals surface area contributed by atoms with Crippen LogP contribution < -0.4 is 0 Å². The molecule has 5 heteroatoms. The van der Waals surface area contributed by atoms with Crippen molar-refractivity contribution in [2.24, 2.45) is 5.41 Å². The molecule has 1 unspecified atom stereocenters. The average Bonchev–Trinajstić information content (AvgIpc) is 2.13. The van der Waals surface area contributed by atoms with E-state index >= 15 is 0 Å². The molecule has 0 aliphatic rings. The molecule has 1 amide bonds. The quantitative estimate of drug-likeness (QED) is 0.765. The summed E-state index contributed by atoms with van der Waals surface area (Å²) in [5, 5.41) is 17.3. The van der Waals surface area contributed by atoms with Crippen molar-refractivity contribution in [1.82, 2.24) is 4.90 Å². The predicted octanol–water partition coefficient (Wildman–Crippen LogP) is 1.64. The molecule has 0 bridgehead atoms. The van der Waals surface area contributed by atoms with E-state index in [1.165, 1.54) is 4.90 Å². The lowest BCUT2D eigenvalue weighted by atomic mass is 9.85. The third-order valence-corrected chi connectivity index (χ3v) is 2.70. The maximum Gasteiger partial charge on any atom is 0.303 e. The van der Waals surface area contributed by atoms with Gasteiger partial charge in [-0.05, 0) is 12.3 Å². The van der Waals surface area contributed by atoms with Crippen molar-refractivity contribution in [3.63, 3.8) is 0 Å². The van der Waals surface area contributed by atoms with Crippen LogP contribution in [0.5, 0.6) is 0 Å². The van der Waals surface area contributed by atoms with Gasteiger partial charge in [-0.15, -0.1) is 0 Å². The van der Waals surface area contributed by atoms with E-state index in [2.05, 4.69) is 0 Å². The Bertz CT molecular complexity index is 331. The van der Waals surface area contributed by atoms with Crippen LogP contribution in [0.4, 0.5) is 0 Å². The first-order chi connectivity index (χ1) is 7.69. The molecule has 1 N–H and O–H groups in total. The third kappa shape index (κ3) is 5.91. The zero-order valence-electron chi connectivity index (χ0n) is 10.9. The lowest BCUT2D eigenvalue weighted by Crippen LogP contribution is -2.37. The number of aliphatic carboxylic acids is 1. The van der Waals surface area contributed by atoms with E-state index in [4.69, 9.17) is 10.4 Å². The second-order valence-electron chi connectivity index (χ2n) is 5.13. The van der Waals surface area contributed by atoms with Gasteiger partial charge in [0, 0.05) is 19.5 Å². The van der Waals surface area contributed by atoms with Crippen LogP contribution in [0.15, 0.2) is 0 Å². The van der Waals surface area contributed by atoms with E-state index in [0.717, 1.165) is 0 Å². The summed E-state index contributed by atoms with van der Waals surface area (Å²) in [6.45, 7) is 5.30. The molecule has 0 heterocycles. The molecule has 0 aromatic rings. The number of amides is 1. The second-order valence-corrected chi connectivity index (χ2v) is 5.13. The number of carbonyl (C=O) groups excluding carboxylic acids is 1. The smallest absolute Gasteiger partial charge is 0.303 e. The van der Waals surface area contributed by atoms with Crippen molar-refractivity contribution >= 4 is 11.9 Å². The zero-order chi connectivity index (χ0) is 13.6. The number of nitrogens with zero attached hydrogens (tertiary/aromatic N) is 2. The van der Waals surface area contributed by atoms with Crippen LogP contribution in [0.25, 0.3) is 0 Å². The number of carboxylic acid groups (broad SMARTS) is 1. The van der Waals surface area contributed by atoms with Gasteiger partial charge in [0.05, 0.1) is 18.9 Å². The fraction of sp³-hybridized carbons (Fsp3) is 0.750. The number of hydrogen-bond donors (Lipinski definition) is 1. The van der Waals surface area contributed by atoms with Crippen molar-refractivity contribution in [3.8, 4) is 6.07 Å². The Morgan fingerprint density at radius 1 is 1.41 bits per heavy atom. The molecule has 0 rings (SSSR count). The highest BCUT2D eigenvalue weighted by atomic mass is 16.4. The Morgan fingerprint density at radius 3 is 2.35 bits per heavy atom. The van der Waals surface area contributed by atoms with Crippen LogP contribution >= 0.6 is 0 Å². The van der Waals surface area contributed by atoms with Crippen molar-refractivity contribution in [2.45, 2.75) is 46.1 Å². The lowest BCUT2D eigenvalue weighted by Gasteiger charge is -2.28. The molecule has 0 saturated heterocycles. The molecule has 17 heavy (non-hydrogen) atoms. The predicted molar refractivity (Wildman–Crippen MR) is 63.1 cm³/mol. The van der Waals surface area contributed by atoms with E-state index in [9.17, 15) is 9.59 Å². The standard InChI is InChI=1S/C12H20N2O3/c1-9(5-6-13)14(4)10(15)7-12(2,3)8-11(16)17/h9H,5,7-8H2,1-4H3,(H,16,17). The summed E-state index contributed by atoms with van der Waals surface area (Å²) in [7, 11) is 1.64. The normalized spacial score (nSPS) is 12.6. The first-order valence-corrected chi connectivity index (χ1v) is 5.54. The minimum absolute atomic E-state index is 0.0424. The topological polar surface area (TPSA) is 81.4 Å². The van der Waals surface area contributed by atoms with Gasteiger partial charge < -0.3 is 10.0 Å². The van der Waals surface area contributed by atoms with Gasteiger partial charge in [-0.25, -0.2) is 0 Å². The maximum atomic E-state index is 11.9. The number of carboxylic acids is 1. The third-order valence-electron chi connectivity index (χ3n) is 2.70. The molecule has 0 aliphatic carbocycles. The minimum atomic E-state index is -0.907. The van der Waals surface area contributed by atoms with Crippen molar-refractivity contribution in [2.75, 3.05) is 7.05 Å². The highest BCUT2D eigenvalue weighted by Gasteiger charge is 2.27. The highest BCUT2D eigenvalue weighted by Crippen LogP contribution is 2.26.